The minimum atomic E-state index is -1.09. The molecule has 1 aromatic carbocycles. The van der Waals surface area contributed by atoms with E-state index in [9.17, 15) is 19.5 Å². The van der Waals surface area contributed by atoms with Gasteiger partial charge in [0.05, 0.1) is 17.2 Å². The van der Waals surface area contributed by atoms with E-state index >= 15 is 0 Å². The highest BCUT2D eigenvalue weighted by molar-refractivity contribution is 5.86. The third-order valence-electron chi connectivity index (χ3n) is 4.39. The molecule has 0 unspecified atom stereocenters. The zero-order valence-corrected chi connectivity index (χ0v) is 15.3. The molecule has 0 saturated heterocycles. The summed E-state index contributed by atoms with van der Waals surface area (Å²) >= 11 is 0. The van der Waals surface area contributed by atoms with E-state index in [1.165, 1.54) is 10.9 Å². The highest BCUT2D eigenvalue weighted by Crippen LogP contribution is 2.16. The van der Waals surface area contributed by atoms with Crippen molar-refractivity contribution in [2.24, 2.45) is 5.92 Å². The summed E-state index contributed by atoms with van der Waals surface area (Å²) in [5, 5.41) is 12.3. The number of aromatic nitrogens is 2. The van der Waals surface area contributed by atoms with Gasteiger partial charge in [0, 0.05) is 0 Å². The van der Waals surface area contributed by atoms with Crippen molar-refractivity contribution in [2.75, 3.05) is 0 Å². The van der Waals surface area contributed by atoms with Gasteiger partial charge in [-0.05, 0) is 24.5 Å². The molecule has 0 aliphatic carbocycles. The monoisotopic (exact) mass is 359 g/mol. The lowest BCUT2D eigenvalue weighted by Gasteiger charge is -2.23. The van der Waals surface area contributed by atoms with Crippen LogP contribution >= 0.6 is 0 Å². The number of para-hydroxylation sites is 1. The maximum atomic E-state index is 12.8. The average molecular weight is 359 g/mol. The molecule has 0 spiro atoms. The van der Waals surface area contributed by atoms with Gasteiger partial charge in [-0.1, -0.05) is 45.7 Å². The van der Waals surface area contributed by atoms with Crippen LogP contribution in [0.25, 0.3) is 10.9 Å². The Morgan fingerprint density at radius 3 is 2.58 bits per heavy atom. The fraction of sp³-hybridized carbons (Fsp3) is 0.474. The van der Waals surface area contributed by atoms with Gasteiger partial charge in [-0.15, -0.1) is 0 Å². The third-order valence-corrected chi connectivity index (χ3v) is 4.39. The number of amides is 1. The highest BCUT2D eigenvalue weighted by atomic mass is 16.4. The number of carboxylic acid groups (broad SMARTS) is 1. The minimum Gasteiger partial charge on any atom is -0.480 e. The summed E-state index contributed by atoms with van der Waals surface area (Å²) in [6.45, 7) is 5.44. The summed E-state index contributed by atoms with van der Waals surface area (Å²) in [6, 6.07) is 5.15. The predicted molar refractivity (Wildman–Crippen MR) is 99.0 cm³/mol. The van der Waals surface area contributed by atoms with Crippen molar-refractivity contribution in [2.45, 2.75) is 52.1 Å². The van der Waals surface area contributed by atoms with E-state index in [0.717, 1.165) is 12.8 Å². The van der Waals surface area contributed by atoms with E-state index in [4.69, 9.17) is 0 Å². The van der Waals surface area contributed by atoms with Crippen LogP contribution in [0.4, 0.5) is 0 Å². The molecule has 0 aliphatic heterocycles. The molecule has 0 radical (unpaired) electrons. The Balaban J connectivity index is 2.41. The minimum absolute atomic E-state index is 0.269. The molecule has 0 saturated carbocycles. The molecule has 2 aromatic rings. The number of aliphatic carboxylic acids is 1. The van der Waals surface area contributed by atoms with E-state index in [1.807, 2.05) is 6.92 Å². The van der Waals surface area contributed by atoms with Crippen LogP contribution in [0.15, 0.2) is 35.4 Å². The SMILES string of the molecule is CCCC[C@H](C(=O)N[C@H](C(=O)O)C(C)C)n1cnc2ccccc2c1=O. The first-order valence-corrected chi connectivity index (χ1v) is 8.85. The van der Waals surface area contributed by atoms with E-state index < -0.39 is 24.0 Å². The lowest BCUT2D eigenvalue weighted by atomic mass is 10.0. The number of hydrogen-bond donors (Lipinski definition) is 2. The maximum absolute atomic E-state index is 12.8. The maximum Gasteiger partial charge on any atom is 0.326 e. The molecule has 2 rings (SSSR count). The van der Waals surface area contributed by atoms with Crippen LogP contribution in [-0.4, -0.2) is 32.6 Å². The van der Waals surface area contributed by atoms with Crippen LogP contribution in [0.1, 0.15) is 46.1 Å². The molecule has 140 valence electrons. The smallest absolute Gasteiger partial charge is 0.326 e. The number of unbranched alkanes of at least 4 members (excludes halogenated alkanes) is 1. The van der Waals surface area contributed by atoms with E-state index in [2.05, 4.69) is 10.3 Å². The molecule has 0 aliphatic rings. The Morgan fingerprint density at radius 1 is 1.27 bits per heavy atom. The second-order valence-electron chi connectivity index (χ2n) is 6.70. The fourth-order valence-electron chi connectivity index (χ4n) is 2.86. The van der Waals surface area contributed by atoms with Crippen LogP contribution in [0.5, 0.6) is 0 Å². The molecule has 1 amide bonds. The second-order valence-corrected chi connectivity index (χ2v) is 6.70. The predicted octanol–water partition coefficient (Wildman–Crippen LogP) is 2.35. The normalized spacial score (nSPS) is 13.5. The topological polar surface area (TPSA) is 101 Å². The molecule has 7 nitrogen and oxygen atoms in total. The standard InChI is InChI=1S/C19H25N3O4/c1-4-5-10-15(17(23)21-16(12(2)3)19(25)26)22-11-20-14-9-7-6-8-13(14)18(22)24/h6-9,11-12,15-16H,4-5,10H2,1-3H3,(H,21,23)(H,25,26)/t15-,16+/m1/s1. The van der Waals surface area contributed by atoms with Crippen molar-refractivity contribution >= 4 is 22.8 Å². The molecular weight excluding hydrogens is 334 g/mol. The Kier molecular flexibility index (Phi) is 6.49. The van der Waals surface area contributed by atoms with Gasteiger partial charge in [0.15, 0.2) is 0 Å². The molecule has 1 aromatic heterocycles. The zero-order valence-electron chi connectivity index (χ0n) is 15.3. The molecule has 2 atom stereocenters. The molecule has 7 heteroatoms. The molecular formula is C19H25N3O4. The number of fused-ring (bicyclic) bond motifs is 1. The zero-order chi connectivity index (χ0) is 19.3. The van der Waals surface area contributed by atoms with Crippen molar-refractivity contribution in [3.05, 3.63) is 40.9 Å². The van der Waals surface area contributed by atoms with Crippen molar-refractivity contribution in [3.8, 4) is 0 Å². The Hall–Kier alpha value is -2.70. The first kappa shape index (κ1) is 19.6. The van der Waals surface area contributed by atoms with Crippen LogP contribution < -0.4 is 10.9 Å². The Bertz CT molecular complexity index is 844. The first-order chi connectivity index (χ1) is 12.4. The van der Waals surface area contributed by atoms with Gasteiger partial charge >= 0.3 is 5.97 Å². The summed E-state index contributed by atoms with van der Waals surface area (Å²) < 4.78 is 1.31. The average Bonchev–Trinajstić information content (AvgIpc) is 2.61. The summed E-state index contributed by atoms with van der Waals surface area (Å²) in [7, 11) is 0. The molecule has 26 heavy (non-hydrogen) atoms. The highest BCUT2D eigenvalue weighted by Gasteiger charge is 2.29. The first-order valence-electron chi connectivity index (χ1n) is 8.85. The van der Waals surface area contributed by atoms with Crippen LogP contribution in [-0.2, 0) is 9.59 Å². The fourth-order valence-corrected chi connectivity index (χ4v) is 2.86. The number of nitrogens with one attached hydrogen (secondary N) is 1. The number of carbonyl (C=O) groups is 2. The van der Waals surface area contributed by atoms with Gasteiger partial charge in [0.2, 0.25) is 5.91 Å². The summed E-state index contributed by atoms with van der Waals surface area (Å²) in [5.74, 6) is -1.83. The third kappa shape index (κ3) is 4.28. The Labute approximate surface area is 152 Å². The number of hydrogen-bond acceptors (Lipinski definition) is 4. The van der Waals surface area contributed by atoms with E-state index in [-0.39, 0.29) is 11.5 Å². The summed E-state index contributed by atoms with van der Waals surface area (Å²) in [4.78, 5) is 41.3. The number of nitrogens with zero attached hydrogens (tertiary/aromatic N) is 2. The van der Waals surface area contributed by atoms with Gasteiger partial charge < -0.3 is 10.4 Å². The largest absolute Gasteiger partial charge is 0.480 e. The van der Waals surface area contributed by atoms with Crippen molar-refractivity contribution < 1.29 is 14.7 Å². The number of rotatable bonds is 8. The summed E-state index contributed by atoms with van der Waals surface area (Å²) in [6.07, 6.45) is 3.39. The lowest BCUT2D eigenvalue weighted by Crippen LogP contribution is -2.48. The van der Waals surface area contributed by atoms with Gasteiger partial charge in [0.25, 0.3) is 5.56 Å². The number of benzene rings is 1. The van der Waals surface area contributed by atoms with Crippen molar-refractivity contribution in [1.82, 2.24) is 14.9 Å². The van der Waals surface area contributed by atoms with Gasteiger partial charge in [-0.25, -0.2) is 9.78 Å². The second kappa shape index (κ2) is 8.60. The number of carboxylic acids is 1. The van der Waals surface area contributed by atoms with Crippen molar-refractivity contribution in [1.29, 1.82) is 0 Å². The van der Waals surface area contributed by atoms with Crippen LogP contribution in [0.2, 0.25) is 0 Å². The molecule has 1 heterocycles. The van der Waals surface area contributed by atoms with Gasteiger partial charge in [-0.3, -0.25) is 14.2 Å². The lowest BCUT2D eigenvalue weighted by molar-refractivity contribution is -0.143. The quantitative estimate of drug-likeness (QED) is 0.753. The Morgan fingerprint density at radius 2 is 1.96 bits per heavy atom. The molecule has 0 bridgehead atoms. The van der Waals surface area contributed by atoms with E-state index in [0.29, 0.717) is 17.3 Å². The van der Waals surface area contributed by atoms with Gasteiger partial charge in [0.1, 0.15) is 12.1 Å². The summed E-state index contributed by atoms with van der Waals surface area (Å²) in [5.41, 5.74) is 0.261. The number of carbonyl (C=O) groups excluding carboxylic acids is 1. The van der Waals surface area contributed by atoms with Crippen molar-refractivity contribution in [3.63, 3.8) is 0 Å². The molecule has 0 fully saturated rings. The van der Waals surface area contributed by atoms with Gasteiger partial charge in [-0.2, -0.15) is 0 Å². The van der Waals surface area contributed by atoms with Crippen LogP contribution in [0, 0.1) is 5.92 Å². The molecule has 2 N–H and O–H groups in total. The van der Waals surface area contributed by atoms with E-state index in [1.54, 1.807) is 38.1 Å². The van der Waals surface area contributed by atoms with Crippen LogP contribution in [0.3, 0.4) is 0 Å².